The third-order valence-corrected chi connectivity index (χ3v) is 3.24. The molecule has 0 fully saturated rings. The van der Waals surface area contributed by atoms with E-state index in [2.05, 4.69) is 40.9 Å². The molecule has 3 heteroatoms. The molecule has 0 bridgehead atoms. The van der Waals surface area contributed by atoms with E-state index in [1.54, 1.807) is 0 Å². The highest BCUT2D eigenvalue weighted by Crippen LogP contribution is 2.26. The molecule has 0 saturated heterocycles. The van der Waals surface area contributed by atoms with Crippen LogP contribution in [0.2, 0.25) is 0 Å². The van der Waals surface area contributed by atoms with E-state index in [0.717, 1.165) is 22.4 Å². The number of rotatable bonds is 6. The molecule has 0 radical (unpaired) electrons. The summed E-state index contributed by atoms with van der Waals surface area (Å²) in [5.74, 6) is 0. The van der Waals surface area contributed by atoms with Crippen molar-refractivity contribution in [2.75, 3.05) is 24.2 Å². The molecule has 0 spiro atoms. The zero-order valence-corrected chi connectivity index (χ0v) is 11.8. The monoisotopic (exact) mass is 284 g/mol. The van der Waals surface area contributed by atoms with Gasteiger partial charge in [0.25, 0.3) is 0 Å². The van der Waals surface area contributed by atoms with E-state index in [1.165, 1.54) is 25.7 Å². The van der Waals surface area contributed by atoms with Crippen molar-refractivity contribution in [2.24, 2.45) is 0 Å². The van der Waals surface area contributed by atoms with Gasteiger partial charge in [-0.15, -0.1) is 0 Å². The zero-order valence-electron chi connectivity index (χ0n) is 10.2. The lowest BCUT2D eigenvalue weighted by molar-refractivity contribution is 0.661. The van der Waals surface area contributed by atoms with Crippen molar-refractivity contribution in [2.45, 2.75) is 32.6 Å². The van der Waals surface area contributed by atoms with Crippen LogP contribution in [-0.4, -0.2) is 13.6 Å². The predicted molar refractivity (Wildman–Crippen MR) is 76.0 cm³/mol. The number of anilines is 2. The average Bonchev–Trinajstić information content (AvgIpc) is 2.24. The molecular formula is C13H21BrN2. The molecule has 1 rings (SSSR count). The van der Waals surface area contributed by atoms with Crippen molar-refractivity contribution in [3.05, 3.63) is 22.7 Å². The van der Waals surface area contributed by atoms with Crippen LogP contribution in [0.5, 0.6) is 0 Å². The second kappa shape index (κ2) is 6.79. The summed E-state index contributed by atoms with van der Waals surface area (Å²) in [5, 5.41) is 0. The molecule has 0 aliphatic rings. The van der Waals surface area contributed by atoms with Gasteiger partial charge in [0.2, 0.25) is 0 Å². The number of nitrogens with two attached hydrogens (primary N) is 1. The molecule has 1 aromatic carbocycles. The van der Waals surface area contributed by atoms with Crippen LogP contribution in [0.4, 0.5) is 11.4 Å². The van der Waals surface area contributed by atoms with E-state index < -0.39 is 0 Å². The van der Waals surface area contributed by atoms with Crippen molar-refractivity contribution in [1.82, 2.24) is 0 Å². The molecule has 90 valence electrons. The van der Waals surface area contributed by atoms with Gasteiger partial charge in [0, 0.05) is 18.1 Å². The molecule has 0 aliphatic carbocycles. The number of nitrogens with zero attached hydrogens (tertiary/aromatic N) is 1. The minimum atomic E-state index is 0.840. The largest absolute Gasteiger partial charge is 0.397 e. The van der Waals surface area contributed by atoms with Gasteiger partial charge in [0.1, 0.15) is 0 Å². The van der Waals surface area contributed by atoms with Crippen LogP contribution in [0, 0.1) is 0 Å². The van der Waals surface area contributed by atoms with Gasteiger partial charge in [0.05, 0.1) is 11.4 Å². The molecule has 0 aromatic heterocycles. The van der Waals surface area contributed by atoms with Gasteiger partial charge < -0.3 is 10.6 Å². The van der Waals surface area contributed by atoms with Gasteiger partial charge in [-0.3, -0.25) is 0 Å². The fraction of sp³-hybridized carbons (Fsp3) is 0.538. The van der Waals surface area contributed by atoms with Gasteiger partial charge in [-0.2, -0.15) is 0 Å². The lowest BCUT2D eigenvalue weighted by Crippen LogP contribution is -2.19. The molecule has 2 nitrogen and oxygen atoms in total. The van der Waals surface area contributed by atoms with Crippen LogP contribution in [0.3, 0.4) is 0 Å². The van der Waals surface area contributed by atoms with E-state index in [4.69, 9.17) is 5.73 Å². The number of halogens is 1. The predicted octanol–water partition coefficient (Wildman–Crippen LogP) is 4.05. The molecule has 0 heterocycles. The van der Waals surface area contributed by atoms with E-state index in [-0.39, 0.29) is 0 Å². The van der Waals surface area contributed by atoms with Gasteiger partial charge in [-0.1, -0.05) is 42.1 Å². The van der Waals surface area contributed by atoms with Gasteiger partial charge in [-0.25, -0.2) is 0 Å². The van der Waals surface area contributed by atoms with E-state index in [9.17, 15) is 0 Å². The first-order chi connectivity index (χ1) is 7.65. The summed E-state index contributed by atoms with van der Waals surface area (Å²) in [6, 6.07) is 6.06. The SMILES string of the molecule is CCCCCCN(C)c1ccc(Br)cc1N. The van der Waals surface area contributed by atoms with Crippen molar-refractivity contribution in [3.8, 4) is 0 Å². The van der Waals surface area contributed by atoms with Crippen LogP contribution >= 0.6 is 15.9 Å². The maximum absolute atomic E-state index is 5.98. The Labute approximate surface area is 107 Å². The molecule has 2 N–H and O–H groups in total. The standard InChI is InChI=1S/C13H21BrN2/c1-3-4-5-6-9-16(2)13-8-7-11(14)10-12(13)15/h7-8,10H,3-6,9,15H2,1-2H3. The molecule has 0 aliphatic heterocycles. The van der Waals surface area contributed by atoms with Crippen LogP contribution in [0.1, 0.15) is 32.6 Å². The first-order valence-electron chi connectivity index (χ1n) is 5.91. The molecule has 0 unspecified atom stereocenters. The summed E-state index contributed by atoms with van der Waals surface area (Å²) in [4.78, 5) is 2.23. The second-order valence-electron chi connectivity index (χ2n) is 4.19. The Balaban J connectivity index is 2.49. The average molecular weight is 285 g/mol. The second-order valence-corrected chi connectivity index (χ2v) is 5.10. The number of benzene rings is 1. The Morgan fingerprint density at radius 2 is 2.00 bits per heavy atom. The first-order valence-corrected chi connectivity index (χ1v) is 6.70. The third-order valence-electron chi connectivity index (χ3n) is 2.75. The van der Waals surface area contributed by atoms with Crippen LogP contribution in [0.15, 0.2) is 22.7 Å². The Hall–Kier alpha value is -0.700. The Morgan fingerprint density at radius 3 is 2.62 bits per heavy atom. The molecule has 0 saturated carbocycles. The summed E-state index contributed by atoms with van der Waals surface area (Å²) in [6.07, 6.45) is 5.14. The molecule has 0 atom stereocenters. The topological polar surface area (TPSA) is 29.3 Å². The number of unbranched alkanes of at least 4 members (excludes halogenated alkanes) is 3. The Morgan fingerprint density at radius 1 is 1.25 bits per heavy atom. The minimum Gasteiger partial charge on any atom is -0.397 e. The summed E-state index contributed by atoms with van der Waals surface area (Å²) in [7, 11) is 2.10. The molecule has 0 amide bonds. The van der Waals surface area contributed by atoms with Crippen LogP contribution < -0.4 is 10.6 Å². The minimum absolute atomic E-state index is 0.840. The molecular weight excluding hydrogens is 264 g/mol. The molecule has 1 aromatic rings. The van der Waals surface area contributed by atoms with E-state index in [0.29, 0.717) is 0 Å². The Bertz CT molecular complexity index is 326. The van der Waals surface area contributed by atoms with Gasteiger partial charge >= 0.3 is 0 Å². The van der Waals surface area contributed by atoms with E-state index in [1.807, 2.05) is 12.1 Å². The highest BCUT2D eigenvalue weighted by Gasteiger charge is 2.04. The number of hydrogen-bond donors (Lipinski definition) is 1. The summed E-state index contributed by atoms with van der Waals surface area (Å²) in [5.41, 5.74) is 7.95. The quantitative estimate of drug-likeness (QED) is 0.631. The van der Waals surface area contributed by atoms with Crippen molar-refractivity contribution in [3.63, 3.8) is 0 Å². The van der Waals surface area contributed by atoms with Gasteiger partial charge in [-0.05, 0) is 24.6 Å². The summed E-state index contributed by atoms with van der Waals surface area (Å²) in [6.45, 7) is 3.31. The highest BCUT2D eigenvalue weighted by molar-refractivity contribution is 9.10. The van der Waals surface area contributed by atoms with Gasteiger partial charge in [0.15, 0.2) is 0 Å². The normalized spacial score (nSPS) is 10.4. The zero-order chi connectivity index (χ0) is 12.0. The smallest absolute Gasteiger partial charge is 0.0598 e. The number of hydrogen-bond acceptors (Lipinski definition) is 2. The summed E-state index contributed by atoms with van der Waals surface area (Å²) < 4.78 is 1.04. The van der Waals surface area contributed by atoms with Crippen molar-refractivity contribution >= 4 is 27.3 Å². The maximum Gasteiger partial charge on any atom is 0.0598 e. The maximum atomic E-state index is 5.98. The van der Waals surface area contributed by atoms with Crippen LogP contribution in [-0.2, 0) is 0 Å². The third kappa shape index (κ3) is 4.05. The summed E-state index contributed by atoms with van der Waals surface area (Å²) >= 11 is 3.42. The van der Waals surface area contributed by atoms with E-state index >= 15 is 0 Å². The lowest BCUT2D eigenvalue weighted by Gasteiger charge is -2.21. The highest BCUT2D eigenvalue weighted by atomic mass is 79.9. The Kier molecular flexibility index (Phi) is 5.67. The number of nitrogen functional groups attached to an aromatic ring is 1. The molecule has 16 heavy (non-hydrogen) atoms. The fourth-order valence-corrected chi connectivity index (χ4v) is 2.15. The van der Waals surface area contributed by atoms with Crippen molar-refractivity contribution < 1.29 is 0 Å². The van der Waals surface area contributed by atoms with Crippen molar-refractivity contribution in [1.29, 1.82) is 0 Å². The van der Waals surface area contributed by atoms with Crippen LogP contribution in [0.25, 0.3) is 0 Å². The first kappa shape index (κ1) is 13.4. The fourth-order valence-electron chi connectivity index (χ4n) is 1.77. The lowest BCUT2D eigenvalue weighted by atomic mass is 10.2.